The second kappa shape index (κ2) is 5.16. The molecule has 1 aromatic heterocycles. The van der Waals surface area contributed by atoms with E-state index >= 15 is 0 Å². The van der Waals surface area contributed by atoms with Crippen LogP contribution in [-0.4, -0.2) is 12.2 Å². The van der Waals surface area contributed by atoms with Gasteiger partial charge in [-0.2, -0.15) is 0 Å². The molecule has 0 saturated carbocycles. The molecule has 0 radical (unpaired) electrons. The highest BCUT2D eigenvalue weighted by molar-refractivity contribution is 9.10. The van der Waals surface area contributed by atoms with Crippen LogP contribution in [0.3, 0.4) is 0 Å². The van der Waals surface area contributed by atoms with E-state index in [-0.39, 0.29) is 0 Å². The fourth-order valence-electron chi connectivity index (χ4n) is 1.86. The van der Waals surface area contributed by atoms with Crippen molar-refractivity contribution in [1.29, 1.82) is 0 Å². The lowest BCUT2D eigenvalue weighted by Gasteiger charge is -2.22. The largest absolute Gasteiger partial charge is 0.497 e. The van der Waals surface area contributed by atoms with Crippen LogP contribution in [0, 0.1) is 0 Å². The average molecular weight is 311 g/mol. The van der Waals surface area contributed by atoms with E-state index in [1.165, 1.54) is 0 Å². The first-order valence-electron chi connectivity index (χ1n) is 5.60. The Balaban J connectivity index is 2.28. The third-order valence-electron chi connectivity index (χ3n) is 2.93. The predicted octanol–water partition coefficient (Wildman–Crippen LogP) is 3.50. The normalized spacial score (nSPS) is 14.2. The van der Waals surface area contributed by atoms with Crippen LogP contribution in [0.1, 0.15) is 18.1 Å². The molecule has 2 rings (SSSR count). The van der Waals surface area contributed by atoms with Crippen molar-refractivity contribution >= 4 is 15.9 Å². The summed E-state index contributed by atoms with van der Waals surface area (Å²) in [5.41, 5.74) is 0.778. The van der Waals surface area contributed by atoms with Gasteiger partial charge in [-0.05, 0) is 36.8 Å². The Hall–Kier alpha value is -1.26. The molecule has 1 atom stereocenters. The van der Waals surface area contributed by atoms with E-state index in [0.29, 0.717) is 6.42 Å². The molecule has 2 aromatic rings. The summed E-state index contributed by atoms with van der Waals surface area (Å²) in [4.78, 5) is 0. The van der Waals surface area contributed by atoms with Gasteiger partial charge in [-0.3, -0.25) is 0 Å². The van der Waals surface area contributed by atoms with Gasteiger partial charge in [0, 0.05) is 16.5 Å². The zero-order valence-corrected chi connectivity index (χ0v) is 11.9. The molecule has 0 bridgehead atoms. The standard InChI is InChI=1S/C14H15BrO3/c1-14(16,11-5-6-18-9-11)8-10-7-12(17-2)3-4-13(10)15/h3-7,9,16H,8H2,1-2H3. The lowest BCUT2D eigenvalue weighted by atomic mass is 9.91. The van der Waals surface area contributed by atoms with Crippen molar-refractivity contribution in [2.45, 2.75) is 18.9 Å². The summed E-state index contributed by atoms with van der Waals surface area (Å²) >= 11 is 3.49. The van der Waals surface area contributed by atoms with Gasteiger partial charge in [-0.1, -0.05) is 15.9 Å². The monoisotopic (exact) mass is 310 g/mol. The summed E-state index contributed by atoms with van der Waals surface area (Å²) in [7, 11) is 1.63. The highest BCUT2D eigenvalue weighted by Crippen LogP contribution is 2.31. The van der Waals surface area contributed by atoms with E-state index in [0.717, 1.165) is 21.3 Å². The van der Waals surface area contributed by atoms with Gasteiger partial charge in [0.05, 0.1) is 25.2 Å². The van der Waals surface area contributed by atoms with Crippen molar-refractivity contribution in [3.63, 3.8) is 0 Å². The summed E-state index contributed by atoms with van der Waals surface area (Å²) in [6, 6.07) is 7.48. The Morgan fingerprint density at radius 1 is 1.39 bits per heavy atom. The Morgan fingerprint density at radius 3 is 2.78 bits per heavy atom. The van der Waals surface area contributed by atoms with Gasteiger partial charge in [-0.25, -0.2) is 0 Å². The van der Waals surface area contributed by atoms with Crippen molar-refractivity contribution in [2.75, 3.05) is 7.11 Å². The highest BCUT2D eigenvalue weighted by atomic mass is 79.9. The molecular formula is C14H15BrO3. The van der Waals surface area contributed by atoms with E-state index in [1.54, 1.807) is 32.6 Å². The number of halogens is 1. The quantitative estimate of drug-likeness (QED) is 0.940. The van der Waals surface area contributed by atoms with Crippen LogP contribution in [0.2, 0.25) is 0 Å². The minimum atomic E-state index is -0.970. The van der Waals surface area contributed by atoms with Crippen molar-refractivity contribution < 1.29 is 14.3 Å². The number of aliphatic hydroxyl groups is 1. The maximum atomic E-state index is 10.5. The molecule has 0 aliphatic heterocycles. The van der Waals surface area contributed by atoms with Crippen molar-refractivity contribution in [3.8, 4) is 5.75 Å². The molecule has 1 unspecified atom stereocenters. The molecule has 18 heavy (non-hydrogen) atoms. The van der Waals surface area contributed by atoms with Crippen LogP contribution in [-0.2, 0) is 12.0 Å². The van der Waals surface area contributed by atoms with Gasteiger partial charge in [-0.15, -0.1) is 0 Å². The van der Waals surface area contributed by atoms with Crippen molar-refractivity contribution in [3.05, 3.63) is 52.4 Å². The van der Waals surface area contributed by atoms with Crippen LogP contribution >= 0.6 is 15.9 Å². The number of ether oxygens (including phenoxy) is 1. The van der Waals surface area contributed by atoms with Gasteiger partial charge in [0.15, 0.2) is 0 Å². The van der Waals surface area contributed by atoms with Gasteiger partial charge in [0.2, 0.25) is 0 Å². The number of benzene rings is 1. The molecule has 0 aliphatic rings. The maximum Gasteiger partial charge on any atom is 0.119 e. The third-order valence-corrected chi connectivity index (χ3v) is 3.70. The molecule has 0 saturated heterocycles. The maximum absolute atomic E-state index is 10.5. The average Bonchev–Trinajstić information content (AvgIpc) is 2.86. The summed E-state index contributed by atoms with van der Waals surface area (Å²) in [6.07, 6.45) is 3.60. The first-order valence-corrected chi connectivity index (χ1v) is 6.40. The van der Waals surface area contributed by atoms with Crippen LogP contribution < -0.4 is 4.74 Å². The molecule has 1 N–H and O–H groups in total. The van der Waals surface area contributed by atoms with Gasteiger partial charge < -0.3 is 14.3 Å². The van der Waals surface area contributed by atoms with Crippen molar-refractivity contribution in [2.24, 2.45) is 0 Å². The molecule has 0 amide bonds. The van der Waals surface area contributed by atoms with Crippen LogP contribution in [0.15, 0.2) is 45.7 Å². The number of rotatable bonds is 4. The molecule has 0 spiro atoms. The first-order chi connectivity index (χ1) is 8.53. The van der Waals surface area contributed by atoms with E-state index in [9.17, 15) is 5.11 Å². The van der Waals surface area contributed by atoms with Crippen LogP contribution in [0.5, 0.6) is 5.75 Å². The van der Waals surface area contributed by atoms with E-state index in [4.69, 9.17) is 9.15 Å². The number of hydrogen-bond acceptors (Lipinski definition) is 3. The SMILES string of the molecule is COc1ccc(Br)c(CC(C)(O)c2ccoc2)c1. The number of furan rings is 1. The minimum Gasteiger partial charge on any atom is -0.497 e. The Labute approximate surface area is 115 Å². The second-order valence-electron chi connectivity index (χ2n) is 4.42. The predicted molar refractivity (Wildman–Crippen MR) is 72.7 cm³/mol. The van der Waals surface area contributed by atoms with Gasteiger partial charge >= 0.3 is 0 Å². The highest BCUT2D eigenvalue weighted by Gasteiger charge is 2.25. The third kappa shape index (κ3) is 2.76. The summed E-state index contributed by atoms with van der Waals surface area (Å²) in [5, 5.41) is 10.5. The molecule has 1 aromatic carbocycles. The zero-order valence-electron chi connectivity index (χ0n) is 10.3. The summed E-state index contributed by atoms with van der Waals surface area (Å²) in [5.74, 6) is 0.774. The molecule has 3 nitrogen and oxygen atoms in total. The lowest BCUT2D eigenvalue weighted by Crippen LogP contribution is -2.23. The number of methoxy groups -OCH3 is 1. The molecule has 0 aliphatic carbocycles. The molecule has 4 heteroatoms. The molecule has 96 valence electrons. The fraction of sp³-hybridized carbons (Fsp3) is 0.286. The zero-order chi connectivity index (χ0) is 13.2. The summed E-state index contributed by atoms with van der Waals surface area (Å²) < 4.78 is 11.2. The van der Waals surface area contributed by atoms with Crippen LogP contribution in [0.25, 0.3) is 0 Å². The molecule has 0 fully saturated rings. The summed E-state index contributed by atoms with van der Waals surface area (Å²) in [6.45, 7) is 1.77. The smallest absolute Gasteiger partial charge is 0.119 e. The Morgan fingerprint density at radius 2 is 2.17 bits per heavy atom. The van der Waals surface area contributed by atoms with Crippen molar-refractivity contribution in [1.82, 2.24) is 0 Å². The van der Waals surface area contributed by atoms with Gasteiger partial charge in [0.1, 0.15) is 5.75 Å². The minimum absolute atomic E-state index is 0.477. The molecular weight excluding hydrogens is 296 g/mol. The van der Waals surface area contributed by atoms with E-state index in [1.807, 2.05) is 18.2 Å². The first kappa shape index (κ1) is 13.2. The fourth-order valence-corrected chi connectivity index (χ4v) is 2.24. The van der Waals surface area contributed by atoms with Gasteiger partial charge in [0.25, 0.3) is 0 Å². The van der Waals surface area contributed by atoms with E-state index in [2.05, 4.69) is 15.9 Å². The number of hydrogen-bond donors (Lipinski definition) is 1. The Bertz CT molecular complexity index is 518. The second-order valence-corrected chi connectivity index (χ2v) is 5.27. The lowest BCUT2D eigenvalue weighted by molar-refractivity contribution is 0.0568. The topological polar surface area (TPSA) is 42.6 Å². The molecule has 1 heterocycles. The Kier molecular flexibility index (Phi) is 3.78. The van der Waals surface area contributed by atoms with E-state index < -0.39 is 5.60 Å². The van der Waals surface area contributed by atoms with Crippen LogP contribution in [0.4, 0.5) is 0 Å².